The van der Waals surface area contributed by atoms with Crippen molar-refractivity contribution in [1.82, 2.24) is 9.97 Å². The van der Waals surface area contributed by atoms with Gasteiger partial charge in [-0.3, -0.25) is 4.55 Å². The van der Waals surface area contributed by atoms with Gasteiger partial charge in [0.2, 0.25) is 0 Å². The second-order valence-electron chi connectivity index (χ2n) is 3.94. The lowest BCUT2D eigenvalue weighted by molar-refractivity contribution is -0.837. The van der Waals surface area contributed by atoms with Gasteiger partial charge < -0.3 is 16.0 Å². The zero-order valence-corrected chi connectivity index (χ0v) is 12.4. The number of hydrogen-bond acceptors (Lipinski definition) is 8. The van der Waals surface area contributed by atoms with E-state index in [4.69, 9.17) is 10.3 Å². The highest BCUT2D eigenvalue weighted by Gasteiger charge is 2.24. The van der Waals surface area contributed by atoms with Crippen LogP contribution in [0.15, 0.2) is 0 Å². The highest BCUT2D eigenvalue weighted by atomic mass is 32.3. The molecular weight excluding hydrogens is 288 g/mol. The maximum atomic E-state index is 10.8. The number of rotatable bonds is 7. The smallest absolute Gasteiger partial charge is 0.327 e. The predicted octanol–water partition coefficient (Wildman–Crippen LogP) is -1.14. The summed E-state index contributed by atoms with van der Waals surface area (Å²) >= 11 is 0. The SMILES string of the molecule is CCCNc1nc(N(C)CC)nc(N)[n+]1OS(=O)(=O)O. The molecular formula is C9H19N6O4S+. The first-order chi connectivity index (χ1) is 9.28. The van der Waals surface area contributed by atoms with E-state index < -0.39 is 10.4 Å². The van der Waals surface area contributed by atoms with E-state index in [2.05, 4.69) is 19.6 Å². The number of hydrogen-bond donors (Lipinski definition) is 3. The van der Waals surface area contributed by atoms with E-state index in [-0.39, 0.29) is 11.9 Å². The van der Waals surface area contributed by atoms with Crippen LogP contribution in [0.3, 0.4) is 0 Å². The molecule has 0 aliphatic rings. The topological polar surface area (TPSA) is 135 Å². The molecule has 1 aromatic rings. The Balaban J connectivity index is 3.26. The van der Waals surface area contributed by atoms with Crippen LogP contribution in [-0.2, 0) is 10.4 Å². The second kappa shape index (κ2) is 6.52. The molecule has 0 spiro atoms. The van der Waals surface area contributed by atoms with Gasteiger partial charge in [-0.25, -0.2) is 4.28 Å². The number of nitrogens with zero attached hydrogens (tertiary/aromatic N) is 4. The molecule has 0 unspecified atom stereocenters. The Labute approximate surface area is 117 Å². The molecule has 0 aliphatic carbocycles. The van der Waals surface area contributed by atoms with E-state index in [1.807, 2.05) is 13.8 Å². The molecule has 1 heterocycles. The van der Waals surface area contributed by atoms with Crippen LogP contribution in [0.2, 0.25) is 0 Å². The third kappa shape index (κ3) is 4.35. The Morgan fingerprint density at radius 2 is 2.10 bits per heavy atom. The monoisotopic (exact) mass is 307 g/mol. The first-order valence-corrected chi connectivity index (χ1v) is 7.37. The van der Waals surface area contributed by atoms with Gasteiger partial charge in [0.1, 0.15) is 0 Å². The van der Waals surface area contributed by atoms with Gasteiger partial charge in [0.05, 0.1) is 0 Å². The van der Waals surface area contributed by atoms with Crippen LogP contribution in [0, 0.1) is 0 Å². The molecule has 1 rings (SSSR count). The summed E-state index contributed by atoms with van der Waals surface area (Å²) in [5.41, 5.74) is 5.64. The van der Waals surface area contributed by atoms with Crippen molar-refractivity contribution in [3.63, 3.8) is 0 Å². The van der Waals surface area contributed by atoms with Gasteiger partial charge in [0.25, 0.3) is 0 Å². The van der Waals surface area contributed by atoms with E-state index in [9.17, 15) is 8.42 Å². The molecule has 0 radical (unpaired) electrons. The summed E-state index contributed by atoms with van der Waals surface area (Å²) in [7, 11) is -2.98. The van der Waals surface area contributed by atoms with E-state index in [1.165, 1.54) is 0 Å². The maximum Gasteiger partial charge on any atom is 0.472 e. The number of nitrogens with two attached hydrogens (primary N) is 1. The number of anilines is 3. The number of aromatic nitrogens is 3. The summed E-state index contributed by atoms with van der Waals surface area (Å²) in [6, 6.07) is 0. The first kappa shape index (κ1) is 16.2. The minimum Gasteiger partial charge on any atom is -0.327 e. The molecule has 0 amide bonds. The van der Waals surface area contributed by atoms with Crippen molar-refractivity contribution in [1.29, 1.82) is 0 Å². The van der Waals surface area contributed by atoms with Gasteiger partial charge >= 0.3 is 28.2 Å². The largest absolute Gasteiger partial charge is 0.472 e. The Bertz CT molecular complexity index is 564. The first-order valence-electron chi connectivity index (χ1n) is 6.00. The van der Waals surface area contributed by atoms with Crippen LogP contribution in [0.5, 0.6) is 0 Å². The summed E-state index contributed by atoms with van der Waals surface area (Å²) in [5.74, 6) is 0.0811. The minimum atomic E-state index is -4.74. The molecule has 0 saturated carbocycles. The quantitative estimate of drug-likeness (QED) is 0.421. The summed E-state index contributed by atoms with van der Waals surface area (Å²) < 4.78 is 35.3. The molecule has 10 nitrogen and oxygen atoms in total. The van der Waals surface area contributed by atoms with E-state index in [1.54, 1.807) is 11.9 Å². The Morgan fingerprint density at radius 1 is 1.45 bits per heavy atom. The van der Waals surface area contributed by atoms with Crippen molar-refractivity contribution in [3.05, 3.63) is 0 Å². The third-order valence-corrected chi connectivity index (χ3v) is 2.68. The second-order valence-corrected chi connectivity index (χ2v) is 4.95. The lowest BCUT2D eigenvalue weighted by atomic mass is 10.5. The fourth-order valence-electron chi connectivity index (χ4n) is 1.25. The van der Waals surface area contributed by atoms with Crippen molar-refractivity contribution in [2.45, 2.75) is 20.3 Å². The number of nitrogens with one attached hydrogen (secondary N) is 1. The predicted molar refractivity (Wildman–Crippen MR) is 72.5 cm³/mol. The highest BCUT2D eigenvalue weighted by molar-refractivity contribution is 7.80. The van der Waals surface area contributed by atoms with Crippen molar-refractivity contribution >= 4 is 28.2 Å². The van der Waals surface area contributed by atoms with Crippen molar-refractivity contribution in [3.8, 4) is 0 Å². The molecule has 4 N–H and O–H groups in total. The molecule has 0 fully saturated rings. The molecule has 11 heteroatoms. The molecule has 20 heavy (non-hydrogen) atoms. The molecule has 0 aliphatic heterocycles. The Kier molecular flexibility index (Phi) is 5.27. The highest BCUT2D eigenvalue weighted by Crippen LogP contribution is 2.08. The van der Waals surface area contributed by atoms with Gasteiger partial charge in [-0.2, -0.15) is 8.42 Å². The van der Waals surface area contributed by atoms with E-state index in [0.717, 1.165) is 6.42 Å². The van der Waals surface area contributed by atoms with Gasteiger partial charge in [-0.15, -0.1) is 0 Å². The van der Waals surface area contributed by atoms with Crippen LogP contribution in [0.4, 0.5) is 17.8 Å². The van der Waals surface area contributed by atoms with E-state index >= 15 is 0 Å². The number of nitrogen functional groups attached to an aromatic ring is 1. The lowest BCUT2D eigenvalue weighted by Crippen LogP contribution is -2.51. The maximum absolute atomic E-state index is 10.8. The third-order valence-electron chi connectivity index (χ3n) is 2.34. The van der Waals surface area contributed by atoms with Crippen LogP contribution >= 0.6 is 0 Å². The molecule has 0 atom stereocenters. The molecule has 0 bridgehead atoms. The summed E-state index contributed by atoms with van der Waals surface area (Å²) in [4.78, 5) is 9.74. The average Bonchev–Trinajstić information content (AvgIpc) is 2.36. The van der Waals surface area contributed by atoms with Gasteiger partial charge in [-0.1, -0.05) is 16.9 Å². The molecule has 0 saturated heterocycles. The van der Waals surface area contributed by atoms with Crippen molar-refractivity contribution in [2.24, 2.45) is 0 Å². The fraction of sp³-hybridized carbons (Fsp3) is 0.667. The van der Waals surface area contributed by atoms with Crippen molar-refractivity contribution < 1.29 is 22.0 Å². The fourth-order valence-corrected chi connectivity index (χ4v) is 1.58. The summed E-state index contributed by atoms with van der Waals surface area (Å²) in [6.07, 6.45) is 0.773. The van der Waals surface area contributed by atoms with Crippen LogP contribution < -0.4 is 25.0 Å². The van der Waals surface area contributed by atoms with Crippen LogP contribution in [0.25, 0.3) is 0 Å². The summed E-state index contributed by atoms with van der Waals surface area (Å²) in [5, 5.41) is 2.85. The van der Waals surface area contributed by atoms with Crippen molar-refractivity contribution in [2.75, 3.05) is 36.1 Å². The molecule has 114 valence electrons. The zero-order valence-electron chi connectivity index (χ0n) is 11.6. The average molecular weight is 307 g/mol. The van der Waals surface area contributed by atoms with E-state index in [0.29, 0.717) is 23.8 Å². The molecule has 1 aromatic heterocycles. The van der Waals surface area contributed by atoms with Crippen LogP contribution in [0.1, 0.15) is 20.3 Å². The Morgan fingerprint density at radius 3 is 2.60 bits per heavy atom. The van der Waals surface area contributed by atoms with Gasteiger partial charge in [-0.05, 0) is 18.1 Å². The lowest BCUT2D eigenvalue weighted by Gasteiger charge is -2.13. The normalized spacial score (nSPS) is 11.2. The zero-order chi connectivity index (χ0) is 15.3. The Hall–Kier alpha value is -1.88. The summed E-state index contributed by atoms with van der Waals surface area (Å²) in [6.45, 7) is 4.97. The standard InChI is InChI=1S/C9H18N6O4S/c1-4-6-11-8-13-9(14(3)5-2)12-7(10)15(8)19-20(16,17)18/h4-6H2,1-3H3,(H3,10,11,12,13,16,17,18)/p+1. The minimum absolute atomic E-state index is 0.0345. The molecule has 0 aromatic carbocycles. The van der Waals surface area contributed by atoms with Gasteiger partial charge in [0, 0.05) is 20.1 Å². The van der Waals surface area contributed by atoms with Gasteiger partial charge in [0.15, 0.2) is 0 Å². The van der Waals surface area contributed by atoms with Crippen LogP contribution in [-0.4, -0.2) is 43.1 Å².